The van der Waals surface area contributed by atoms with E-state index in [1.54, 1.807) is 14.2 Å². The molecule has 1 heterocycles. The van der Waals surface area contributed by atoms with Crippen molar-refractivity contribution in [1.29, 1.82) is 0 Å². The third-order valence-corrected chi connectivity index (χ3v) is 7.94. The fourth-order valence-corrected chi connectivity index (χ4v) is 5.64. The highest BCUT2D eigenvalue weighted by Gasteiger charge is 2.21. The van der Waals surface area contributed by atoms with Crippen molar-refractivity contribution >= 4 is 29.2 Å². The van der Waals surface area contributed by atoms with Crippen molar-refractivity contribution in [2.75, 3.05) is 19.5 Å². The van der Waals surface area contributed by atoms with Crippen LogP contribution in [0.3, 0.4) is 0 Å². The molecule has 3 aromatic carbocycles. The highest BCUT2D eigenvalue weighted by Crippen LogP contribution is 2.40. The van der Waals surface area contributed by atoms with Crippen molar-refractivity contribution in [3.8, 4) is 33.1 Å². The fraction of sp³-hybridized carbons (Fsp3) is 0.226. The Balaban J connectivity index is 1.38. The molecule has 0 spiro atoms. The van der Waals surface area contributed by atoms with Gasteiger partial charge in [0.1, 0.15) is 11.5 Å². The van der Waals surface area contributed by atoms with Crippen LogP contribution in [0.5, 0.6) is 11.5 Å². The smallest absolute Gasteiger partial charge is 0.241 e. The van der Waals surface area contributed by atoms with Gasteiger partial charge in [-0.1, -0.05) is 48.0 Å². The lowest BCUT2D eigenvalue weighted by Gasteiger charge is -2.16. The second-order valence-corrected chi connectivity index (χ2v) is 10.4. The molecule has 5 rings (SSSR count). The molecule has 1 amide bonds. The number of aryl methyl sites for hydroxylation is 1. The number of amides is 1. The summed E-state index contributed by atoms with van der Waals surface area (Å²) in [6, 6.07) is 17.5. The summed E-state index contributed by atoms with van der Waals surface area (Å²) in [7, 11) is 3.27. The van der Waals surface area contributed by atoms with E-state index < -0.39 is 6.04 Å². The highest BCUT2D eigenvalue weighted by molar-refractivity contribution is 7.10. The minimum atomic E-state index is -0.676. The topological polar surface area (TPSA) is 86.5 Å². The summed E-state index contributed by atoms with van der Waals surface area (Å²) in [5, 5.41) is 3.00. The summed E-state index contributed by atoms with van der Waals surface area (Å²) in [5.74, 6) is 1.16. The lowest BCUT2D eigenvalue weighted by atomic mass is 9.99. The Morgan fingerprint density at radius 2 is 1.84 bits per heavy atom. The summed E-state index contributed by atoms with van der Waals surface area (Å²) in [4.78, 5) is 14.2. The van der Waals surface area contributed by atoms with Crippen LogP contribution >= 0.6 is 11.5 Å². The van der Waals surface area contributed by atoms with E-state index in [0.717, 1.165) is 50.4 Å². The number of fused-ring (bicyclic) bond motifs is 1. The van der Waals surface area contributed by atoms with Crippen LogP contribution in [-0.4, -0.2) is 30.5 Å². The number of nitrogens with one attached hydrogen (secondary N) is 1. The molecule has 0 radical (unpaired) electrons. The Bertz CT molecular complexity index is 1540. The first-order chi connectivity index (χ1) is 18.4. The van der Waals surface area contributed by atoms with E-state index in [0.29, 0.717) is 17.9 Å². The van der Waals surface area contributed by atoms with Crippen molar-refractivity contribution in [3.63, 3.8) is 0 Å². The predicted molar refractivity (Wildman–Crippen MR) is 155 cm³/mol. The van der Waals surface area contributed by atoms with Crippen molar-refractivity contribution in [2.24, 2.45) is 5.73 Å². The second kappa shape index (κ2) is 10.8. The number of nitrogens with two attached hydrogens (primary N) is 1. The number of methoxy groups -OCH3 is 2. The number of benzene rings is 3. The van der Waals surface area contributed by atoms with E-state index in [4.69, 9.17) is 15.2 Å². The Kier molecular flexibility index (Phi) is 7.31. The maximum Gasteiger partial charge on any atom is 0.241 e. The number of carbonyl (C=O) groups excluding carboxylic acids is 1. The summed E-state index contributed by atoms with van der Waals surface area (Å²) in [6.07, 6.45) is 5.31. The Morgan fingerprint density at radius 3 is 2.61 bits per heavy atom. The van der Waals surface area contributed by atoms with Gasteiger partial charge in [0, 0.05) is 11.8 Å². The van der Waals surface area contributed by atoms with Crippen LogP contribution in [0.25, 0.3) is 27.6 Å². The van der Waals surface area contributed by atoms with Gasteiger partial charge < -0.3 is 20.5 Å². The Morgan fingerprint density at radius 1 is 1.05 bits per heavy atom. The predicted octanol–water partition coefficient (Wildman–Crippen LogP) is 6.41. The first-order valence-electron chi connectivity index (χ1n) is 12.5. The molecule has 194 valence electrons. The molecule has 0 fully saturated rings. The zero-order chi connectivity index (χ0) is 26.8. The van der Waals surface area contributed by atoms with E-state index >= 15 is 0 Å². The summed E-state index contributed by atoms with van der Waals surface area (Å²) < 4.78 is 15.6. The van der Waals surface area contributed by atoms with Crippen LogP contribution in [0.4, 0.5) is 5.69 Å². The molecule has 7 heteroatoms. The third-order valence-electron chi connectivity index (χ3n) is 7.09. The molecule has 1 atom stereocenters. The van der Waals surface area contributed by atoms with Crippen molar-refractivity contribution in [3.05, 3.63) is 88.6 Å². The largest absolute Gasteiger partial charge is 0.496 e. The zero-order valence-corrected chi connectivity index (χ0v) is 22.8. The van der Waals surface area contributed by atoms with Crippen molar-refractivity contribution in [1.82, 2.24) is 4.37 Å². The van der Waals surface area contributed by atoms with Gasteiger partial charge in [0.25, 0.3) is 0 Å². The molecule has 0 bridgehead atoms. The number of carbonyl (C=O) groups is 1. The van der Waals surface area contributed by atoms with E-state index in [9.17, 15) is 4.79 Å². The molecule has 4 aromatic rings. The quantitative estimate of drug-likeness (QED) is 0.278. The van der Waals surface area contributed by atoms with Crippen LogP contribution in [0.2, 0.25) is 0 Å². The molecule has 0 aliphatic heterocycles. The number of aromatic nitrogens is 1. The standard InChI is InChI=1S/C31H31N3O3S/c1-18-11-24(16-29(37-4)19(18)2)30-25(17-33-38-30)23-9-10-28(36-3)27(15-23)34-31(35)26(32)14-20-12-21-7-5-6-8-22(21)13-20/h5-12,15-17,26H,13-14,32H2,1-4H3,(H,34,35)/t26-/m0/s1. The molecule has 0 saturated carbocycles. The summed E-state index contributed by atoms with van der Waals surface area (Å²) in [5.41, 5.74) is 15.7. The minimum absolute atomic E-state index is 0.250. The Labute approximate surface area is 227 Å². The lowest BCUT2D eigenvalue weighted by Crippen LogP contribution is -2.36. The van der Waals surface area contributed by atoms with E-state index in [2.05, 4.69) is 47.8 Å². The van der Waals surface area contributed by atoms with Gasteiger partial charge in [-0.3, -0.25) is 4.79 Å². The average molecular weight is 526 g/mol. The van der Waals surface area contributed by atoms with Gasteiger partial charge >= 0.3 is 0 Å². The fourth-order valence-electron chi connectivity index (χ4n) is 4.88. The van der Waals surface area contributed by atoms with Crippen LogP contribution < -0.4 is 20.5 Å². The maximum atomic E-state index is 13.1. The lowest BCUT2D eigenvalue weighted by molar-refractivity contribution is -0.117. The normalized spacial score (nSPS) is 13.0. The van der Waals surface area contributed by atoms with Gasteiger partial charge in [0.2, 0.25) is 5.91 Å². The molecular weight excluding hydrogens is 494 g/mol. The molecular formula is C31H31N3O3S. The third kappa shape index (κ3) is 5.08. The molecule has 1 aromatic heterocycles. The van der Waals surface area contributed by atoms with Crippen LogP contribution in [0, 0.1) is 13.8 Å². The van der Waals surface area contributed by atoms with E-state index in [-0.39, 0.29) is 5.91 Å². The van der Waals surface area contributed by atoms with E-state index in [1.807, 2.05) is 42.6 Å². The molecule has 0 saturated heterocycles. The first kappa shape index (κ1) is 25.7. The molecule has 38 heavy (non-hydrogen) atoms. The van der Waals surface area contributed by atoms with Crippen molar-refractivity contribution in [2.45, 2.75) is 32.7 Å². The average Bonchev–Trinajstić information content (AvgIpc) is 3.57. The Hall–Kier alpha value is -3.94. The molecule has 1 aliphatic carbocycles. The zero-order valence-electron chi connectivity index (χ0n) is 22.0. The molecule has 1 aliphatic rings. The maximum absolute atomic E-state index is 13.1. The van der Waals surface area contributed by atoms with E-state index in [1.165, 1.54) is 22.7 Å². The van der Waals surface area contributed by atoms with Crippen molar-refractivity contribution < 1.29 is 14.3 Å². The van der Waals surface area contributed by atoms with Gasteiger partial charge in [0.05, 0.1) is 30.8 Å². The molecule has 6 nitrogen and oxygen atoms in total. The van der Waals surface area contributed by atoms with Crippen LogP contribution in [0.15, 0.2) is 66.4 Å². The number of hydrogen-bond acceptors (Lipinski definition) is 6. The summed E-state index contributed by atoms with van der Waals surface area (Å²) >= 11 is 1.43. The summed E-state index contributed by atoms with van der Waals surface area (Å²) in [6.45, 7) is 4.13. The number of hydrogen-bond donors (Lipinski definition) is 2. The van der Waals surface area contributed by atoms with Gasteiger partial charge in [-0.15, -0.1) is 0 Å². The van der Waals surface area contributed by atoms with Gasteiger partial charge in [-0.2, -0.15) is 4.37 Å². The van der Waals surface area contributed by atoms with Crippen LogP contribution in [-0.2, 0) is 11.2 Å². The number of ether oxygens (including phenoxy) is 2. The number of anilines is 1. The van der Waals surface area contributed by atoms with Gasteiger partial charge in [-0.25, -0.2) is 0 Å². The van der Waals surface area contributed by atoms with Crippen LogP contribution in [0.1, 0.15) is 28.7 Å². The molecule has 3 N–H and O–H groups in total. The minimum Gasteiger partial charge on any atom is -0.496 e. The molecule has 0 unspecified atom stereocenters. The number of rotatable bonds is 8. The SMILES string of the molecule is COc1ccc(-c2cnsc2-c2cc(C)c(C)c(OC)c2)cc1NC(=O)[C@@H](N)CC1=Cc2ccccc2C1. The van der Waals surface area contributed by atoms with Gasteiger partial charge in [-0.05, 0) is 89.8 Å². The number of nitrogens with zero attached hydrogens (tertiary/aromatic N) is 1. The second-order valence-electron chi connectivity index (χ2n) is 9.58. The highest BCUT2D eigenvalue weighted by atomic mass is 32.1. The monoisotopic (exact) mass is 525 g/mol. The van der Waals surface area contributed by atoms with Gasteiger partial charge in [0.15, 0.2) is 0 Å². The first-order valence-corrected chi connectivity index (χ1v) is 13.3.